The van der Waals surface area contributed by atoms with Crippen molar-refractivity contribution in [2.45, 2.75) is 12.5 Å². The third-order valence-corrected chi connectivity index (χ3v) is 4.03. The van der Waals surface area contributed by atoms with Gasteiger partial charge in [-0.2, -0.15) is 0 Å². The van der Waals surface area contributed by atoms with Crippen LogP contribution in [0.15, 0.2) is 48.5 Å². The average molecular weight is 430 g/mol. The fourth-order valence-corrected chi connectivity index (χ4v) is 2.38. The van der Waals surface area contributed by atoms with Crippen LogP contribution in [-0.4, -0.2) is 23.0 Å². The fraction of sp³-hybridized carbons (Fsp3) is 0.125. The number of hydrogen-bond donors (Lipinski definition) is 2. The van der Waals surface area contributed by atoms with Crippen molar-refractivity contribution >= 4 is 46.1 Å². The monoisotopic (exact) mass is 429 g/mol. The molecule has 2 aromatic carbocycles. The smallest absolute Gasteiger partial charge is 0.326 e. The summed E-state index contributed by atoms with van der Waals surface area (Å²) < 4.78 is 1.00. The number of hydrogen-bond acceptors (Lipinski definition) is 2. The lowest BCUT2D eigenvalue weighted by Gasteiger charge is -2.15. The van der Waals surface area contributed by atoms with Crippen molar-refractivity contribution in [2.24, 2.45) is 0 Å². The van der Waals surface area contributed by atoms with Crippen molar-refractivity contribution in [1.82, 2.24) is 5.32 Å². The minimum absolute atomic E-state index is 0.197. The predicted octanol–water partition coefficient (Wildman–Crippen LogP) is 3.37. The number of carboxylic acids is 1. The number of aliphatic carboxylic acids is 1. The van der Waals surface area contributed by atoms with Crippen LogP contribution >= 0.6 is 34.2 Å². The standard InChI is InChI=1S/C16H13ClINO3/c17-12-5-1-10(2-6-12)9-14(16(21)22)19-15(20)11-3-7-13(18)8-4-11/h1-8,14H,9H2,(H,19,20)(H,21,22)/t14-/m1/s1. The molecule has 2 N–H and O–H groups in total. The zero-order valence-corrected chi connectivity index (χ0v) is 14.3. The van der Waals surface area contributed by atoms with Crippen molar-refractivity contribution in [2.75, 3.05) is 0 Å². The minimum Gasteiger partial charge on any atom is -0.480 e. The Labute approximate surface area is 146 Å². The van der Waals surface area contributed by atoms with Gasteiger partial charge in [-0.25, -0.2) is 4.79 Å². The molecule has 0 spiro atoms. The van der Waals surface area contributed by atoms with Crippen LogP contribution in [0, 0.1) is 3.57 Å². The van der Waals surface area contributed by atoms with Crippen LogP contribution in [-0.2, 0) is 11.2 Å². The molecule has 0 aliphatic rings. The second kappa shape index (κ2) is 7.60. The Bertz CT molecular complexity index is 671. The highest BCUT2D eigenvalue weighted by Gasteiger charge is 2.21. The molecule has 0 bridgehead atoms. The molecule has 6 heteroatoms. The molecule has 114 valence electrons. The highest BCUT2D eigenvalue weighted by molar-refractivity contribution is 14.1. The topological polar surface area (TPSA) is 66.4 Å². The number of nitrogens with one attached hydrogen (secondary N) is 1. The van der Waals surface area contributed by atoms with Gasteiger partial charge in [0.2, 0.25) is 0 Å². The SMILES string of the molecule is O=C(N[C@H](Cc1ccc(Cl)cc1)C(=O)O)c1ccc(I)cc1. The zero-order chi connectivity index (χ0) is 16.1. The van der Waals surface area contributed by atoms with Crippen molar-refractivity contribution in [3.05, 3.63) is 68.3 Å². The largest absolute Gasteiger partial charge is 0.480 e. The van der Waals surface area contributed by atoms with Crippen LogP contribution in [0.4, 0.5) is 0 Å². The summed E-state index contributed by atoms with van der Waals surface area (Å²) in [5.41, 5.74) is 1.22. The molecule has 2 rings (SSSR count). The molecule has 2 aromatic rings. The summed E-state index contributed by atoms with van der Waals surface area (Å²) in [5.74, 6) is -1.48. The Morgan fingerprint density at radius 2 is 1.68 bits per heavy atom. The molecule has 0 aliphatic heterocycles. The van der Waals surface area contributed by atoms with Gasteiger partial charge in [0.05, 0.1) is 0 Å². The van der Waals surface area contributed by atoms with E-state index >= 15 is 0 Å². The molecular weight excluding hydrogens is 417 g/mol. The molecule has 1 atom stereocenters. The summed E-state index contributed by atoms with van der Waals surface area (Å²) in [5, 5.41) is 12.4. The first kappa shape index (κ1) is 16.8. The van der Waals surface area contributed by atoms with Gasteiger partial charge in [-0.15, -0.1) is 0 Å². The molecule has 0 fully saturated rings. The lowest BCUT2D eigenvalue weighted by atomic mass is 10.1. The first-order chi connectivity index (χ1) is 10.5. The maximum atomic E-state index is 12.1. The fourth-order valence-electron chi connectivity index (χ4n) is 1.90. The Hall–Kier alpha value is -1.60. The van der Waals surface area contributed by atoms with Crippen LogP contribution in [0.25, 0.3) is 0 Å². The third-order valence-electron chi connectivity index (χ3n) is 3.06. The summed E-state index contributed by atoms with van der Waals surface area (Å²) in [7, 11) is 0. The molecule has 0 aliphatic carbocycles. The lowest BCUT2D eigenvalue weighted by Crippen LogP contribution is -2.42. The highest BCUT2D eigenvalue weighted by Crippen LogP contribution is 2.12. The summed E-state index contributed by atoms with van der Waals surface area (Å²) in [6, 6.07) is 12.8. The first-order valence-electron chi connectivity index (χ1n) is 6.49. The average Bonchev–Trinajstić information content (AvgIpc) is 2.49. The maximum absolute atomic E-state index is 12.1. The second-order valence-corrected chi connectivity index (χ2v) is 6.38. The second-order valence-electron chi connectivity index (χ2n) is 4.70. The molecule has 0 aromatic heterocycles. The van der Waals surface area contributed by atoms with Crippen molar-refractivity contribution in [1.29, 1.82) is 0 Å². The van der Waals surface area contributed by atoms with Gasteiger partial charge >= 0.3 is 5.97 Å². The van der Waals surface area contributed by atoms with Crippen LogP contribution in [0.1, 0.15) is 15.9 Å². The minimum atomic E-state index is -1.08. The Morgan fingerprint density at radius 1 is 1.09 bits per heavy atom. The van der Waals surface area contributed by atoms with Crippen molar-refractivity contribution in [3.63, 3.8) is 0 Å². The van der Waals surface area contributed by atoms with Crippen molar-refractivity contribution < 1.29 is 14.7 Å². The molecule has 0 saturated heterocycles. The van der Waals surface area contributed by atoms with Gasteiger partial charge in [-0.1, -0.05) is 23.7 Å². The number of carbonyl (C=O) groups is 2. The van der Waals surface area contributed by atoms with E-state index in [4.69, 9.17) is 11.6 Å². The van der Waals surface area contributed by atoms with Gasteiger partial charge in [0, 0.05) is 20.6 Å². The Balaban J connectivity index is 2.08. The third kappa shape index (κ3) is 4.71. The quantitative estimate of drug-likeness (QED) is 0.716. The predicted molar refractivity (Wildman–Crippen MR) is 93.2 cm³/mol. The van der Waals surface area contributed by atoms with Crippen LogP contribution in [0.2, 0.25) is 5.02 Å². The molecule has 0 unspecified atom stereocenters. The molecule has 0 saturated carbocycles. The van der Waals surface area contributed by atoms with Crippen LogP contribution < -0.4 is 5.32 Å². The van der Waals surface area contributed by atoms with E-state index in [9.17, 15) is 14.7 Å². The molecule has 1 amide bonds. The Morgan fingerprint density at radius 3 is 2.23 bits per heavy atom. The number of carboxylic acid groups (broad SMARTS) is 1. The molecule has 0 heterocycles. The highest BCUT2D eigenvalue weighted by atomic mass is 127. The van der Waals surface area contributed by atoms with Gasteiger partial charge in [-0.3, -0.25) is 4.79 Å². The zero-order valence-electron chi connectivity index (χ0n) is 11.4. The van der Waals surface area contributed by atoms with Crippen LogP contribution in [0.5, 0.6) is 0 Å². The number of rotatable bonds is 5. The van der Waals surface area contributed by atoms with E-state index in [-0.39, 0.29) is 6.42 Å². The molecule has 0 radical (unpaired) electrons. The van der Waals surface area contributed by atoms with E-state index in [0.29, 0.717) is 10.6 Å². The van der Waals surface area contributed by atoms with E-state index < -0.39 is 17.9 Å². The number of halogens is 2. The van der Waals surface area contributed by atoms with Gasteiger partial charge in [0.1, 0.15) is 6.04 Å². The molecule has 22 heavy (non-hydrogen) atoms. The maximum Gasteiger partial charge on any atom is 0.326 e. The van der Waals surface area contributed by atoms with E-state index in [1.807, 2.05) is 0 Å². The first-order valence-corrected chi connectivity index (χ1v) is 7.95. The number of amides is 1. The van der Waals surface area contributed by atoms with E-state index in [1.165, 1.54) is 0 Å². The number of benzene rings is 2. The number of carbonyl (C=O) groups excluding carboxylic acids is 1. The van der Waals surface area contributed by atoms with E-state index in [2.05, 4.69) is 27.9 Å². The van der Waals surface area contributed by atoms with Gasteiger partial charge < -0.3 is 10.4 Å². The molecular formula is C16H13ClINO3. The van der Waals surface area contributed by atoms with Gasteiger partial charge in [0.25, 0.3) is 5.91 Å². The molecule has 4 nitrogen and oxygen atoms in total. The summed E-state index contributed by atoms with van der Waals surface area (Å²) in [6.45, 7) is 0. The summed E-state index contributed by atoms with van der Waals surface area (Å²) in [6.07, 6.45) is 0.197. The van der Waals surface area contributed by atoms with Gasteiger partial charge in [-0.05, 0) is 64.6 Å². The summed E-state index contributed by atoms with van der Waals surface area (Å²) >= 11 is 7.94. The van der Waals surface area contributed by atoms with E-state index in [1.54, 1.807) is 48.5 Å². The van der Waals surface area contributed by atoms with Gasteiger partial charge in [0.15, 0.2) is 0 Å². The lowest BCUT2D eigenvalue weighted by molar-refractivity contribution is -0.139. The normalized spacial score (nSPS) is 11.7. The van der Waals surface area contributed by atoms with E-state index in [0.717, 1.165) is 9.13 Å². The summed E-state index contributed by atoms with van der Waals surface area (Å²) in [4.78, 5) is 23.5. The Kier molecular flexibility index (Phi) is 5.79. The van der Waals surface area contributed by atoms with Crippen molar-refractivity contribution in [3.8, 4) is 0 Å². The van der Waals surface area contributed by atoms with Crippen LogP contribution in [0.3, 0.4) is 0 Å².